The van der Waals surface area contributed by atoms with Gasteiger partial charge in [0.1, 0.15) is 12.4 Å². The molecule has 0 atom stereocenters. The minimum atomic E-state index is -3.72. The number of unbranched alkanes of at least 4 members (excludes halogenated alkanes) is 1. The fourth-order valence-corrected chi connectivity index (χ4v) is 5.14. The molecule has 1 heterocycles. The van der Waals surface area contributed by atoms with E-state index in [9.17, 15) is 17.6 Å². The predicted molar refractivity (Wildman–Crippen MR) is 116 cm³/mol. The van der Waals surface area contributed by atoms with Crippen molar-refractivity contribution in [3.63, 3.8) is 0 Å². The number of aromatic nitrogens is 1. The van der Waals surface area contributed by atoms with Gasteiger partial charge in [-0.25, -0.2) is 12.8 Å². The van der Waals surface area contributed by atoms with Crippen LogP contribution < -0.4 is 0 Å². The predicted octanol–water partition coefficient (Wildman–Crippen LogP) is 4.40. The number of hydrogen-bond donors (Lipinski definition) is 0. The summed E-state index contributed by atoms with van der Waals surface area (Å²) in [6.07, 6.45) is 3.46. The number of carbonyl (C=O) groups excluding carboxylic acids is 1. The van der Waals surface area contributed by atoms with E-state index in [-0.39, 0.29) is 23.1 Å². The summed E-state index contributed by atoms with van der Waals surface area (Å²) >= 11 is 0. The Morgan fingerprint density at radius 2 is 1.87 bits per heavy atom. The maximum Gasteiger partial charge on any atom is 0.242 e. The zero-order valence-corrected chi connectivity index (χ0v) is 18.2. The number of rotatable bonds is 9. The van der Waals surface area contributed by atoms with Crippen LogP contribution in [0.4, 0.5) is 4.39 Å². The van der Waals surface area contributed by atoms with Crippen molar-refractivity contribution in [1.29, 1.82) is 0 Å². The van der Waals surface area contributed by atoms with Crippen LogP contribution in [0.2, 0.25) is 0 Å². The van der Waals surface area contributed by atoms with E-state index >= 15 is 0 Å². The third-order valence-corrected chi connectivity index (χ3v) is 6.86. The Bertz CT molecular complexity index is 1140. The minimum Gasteiger partial charge on any atom is -0.341 e. The third-order valence-electron chi connectivity index (χ3n) is 5.15. The molecule has 3 rings (SSSR count). The lowest BCUT2D eigenvalue weighted by molar-refractivity contribution is -0.131. The molecule has 0 saturated carbocycles. The van der Waals surface area contributed by atoms with E-state index in [0.29, 0.717) is 29.6 Å². The fraction of sp³-hybridized carbons (Fsp3) is 0.348. The van der Waals surface area contributed by atoms with Crippen LogP contribution in [-0.2, 0) is 26.9 Å². The van der Waals surface area contributed by atoms with E-state index in [2.05, 4.69) is 6.92 Å². The number of likely N-dealkylation sites (N-methyl/N-ethyl adjacent to an activating group) is 1. The molecule has 0 aliphatic rings. The first kappa shape index (κ1) is 22.0. The van der Waals surface area contributed by atoms with Crippen LogP contribution in [0.15, 0.2) is 59.6 Å². The average Bonchev–Trinajstić information content (AvgIpc) is 3.08. The van der Waals surface area contributed by atoms with Crippen molar-refractivity contribution in [3.05, 3.63) is 66.1 Å². The average molecular weight is 431 g/mol. The Labute approximate surface area is 177 Å². The van der Waals surface area contributed by atoms with Crippen LogP contribution in [-0.4, -0.2) is 36.9 Å². The smallest absolute Gasteiger partial charge is 0.242 e. The molecule has 7 heteroatoms. The molecule has 3 aromatic rings. The van der Waals surface area contributed by atoms with E-state index in [0.717, 1.165) is 12.8 Å². The molecule has 0 aliphatic carbocycles. The van der Waals surface area contributed by atoms with E-state index in [1.165, 1.54) is 24.4 Å². The van der Waals surface area contributed by atoms with Crippen LogP contribution >= 0.6 is 0 Å². The standard InChI is InChI=1S/C23H27FN2O3S/c1-3-5-13-25(4-2)23(27)16-26-15-22(20-11-6-7-12-21(20)26)30(28,29)17-18-9-8-10-19(24)14-18/h6-12,14-15H,3-5,13,16-17H2,1-2H3. The van der Waals surface area contributed by atoms with Gasteiger partial charge in [0, 0.05) is 30.2 Å². The molecule has 0 N–H and O–H groups in total. The van der Waals surface area contributed by atoms with Gasteiger partial charge in [0.2, 0.25) is 5.91 Å². The Balaban J connectivity index is 1.94. The van der Waals surface area contributed by atoms with Crippen molar-refractivity contribution in [2.24, 2.45) is 0 Å². The van der Waals surface area contributed by atoms with Crippen molar-refractivity contribution < 1.29 is 17.6 Å². The number of benzene rings is 2. The molecule has 160 valence electrons. The number of hydrogen-bond acceptors (Lipinski definition) is 3. The summed E-state index contributed by atoms with van der Waals surface area (Å²) < 4.78 is 41.5. The van der Waals surface area contributed by atoms with E-state index < -0.39 is 15.7 Å². The minimum absolute atomic E-state index is 0.0409. The normalized spacial score (nSPS) is 11.7. The van der Waals surface area contributed by atoms with Crippen LogP contribution in [0.25, 0.3) is 10.9 Å². The fourth-order valence-electron chi connectivity index (χ4n) is 3.57. The lowest BCUT2D eigenvalue weighted by Crippen LogP contribution is -2.34. The van der Waals surface area contributed by atoms with Crippen LogP contribution in [0.1, 0.15) is 32.3 Å². The highest BCUT2D eigenvalue weighted by molar-refractivity contribution is 7.90. The number of amides is 1. The van der Waals surface area contributed by atoms with Crippen molar-refractivity contribution in [1.82, 2.24) is 9.47 Å². The summed E-state index contributed by atoms with van der Waals surface area (Å²) in [4.78, 5) is 14.7. The van der Waals surface area contributed by atoms with Gasteiger partial charge in [-0.1, -0.05) is 43.7 Å². The molecule has 30 heavy (non-hydrogen) atoms. The van der Waals surface area contributed by atoms with Gasteiger partial charge in [-0.3, -0.25) is 4.79 Å². The first-order chi connectivity index (χ1) is 14.4. The topological polar surface area (TPSA) is 59.4 Å². The third kappa shape index (κ3) is 4.90. The highest BCUT2D eigenvalue weighted by Gasteiger charge is 2.23. The molecule has 0 fully saturated rings. The zero-order valence-electron chi connectivity index (χ0n) is 17.3. The number of halogens is 1. The zero-order chi connectivity index (χ0) is 21.7. The molecule has 0 unspecified atom stereocenters. The highest BCUT2D eigenvalue weighted by Crippen LogP contribution is 2.28. The van der Waals surface area contributed by atoms with Gasteiger partial charge < -0.3 is 9.47 Å². The molecule has 2 aromatic carbocycles. The van der Waals surface area contributed by atoms with Gasteiger partial charge in [0.25, 0.3) is 0 Å². The molecule has 0 saturated heterocycles. The van der Waals surface area contributed by atoms with Crippen LogP contribution in [0, 0.1) is 5.82 Å². The second-order valence-electron chi connectivity index (χ2n) is 7.35. The van der Waals surface area contributed by atoms with Crippen molar-refractivity contribution in [2.45, 2.75) is 43.9 Å². The molecule has 5 nitrogen and oxygen atoms in total. The first-order valence-electron chi connectivity index (χ1n) is 10.2. The largest absolute Gasteiger partial charge is 0.341 e. The summed E-state index contributed by atoms with van der Waals surface area (Å²) in [5, 5.41) is 0.568. The maximum atomic E-state index is 13.5. The van der Waals surface area contributed by atoms with E-state index in [4.69, 9.17) is 0 Å². The Morgan fingerprint density at radius 1 is 1.10 bits per heavy atom. The van der Waals surface area contributed by atoms with Crippen LogP contribution in [0.5, 0.6) is 0 Å². The Morgan fingerprint density at radius 3 is 2.57 bits per heavy atom. The summed E-state index contributed by atoms with van der Waals surface area (Å²) in [5.41, 5.74) is 1.08. The van der Waals surface area contributed by atoms with Gasteiger partial charge in [0.05, 0.1) is 10.6 Å². The highest BCUT2D eigenvalue weighted by atomic mass is 32.2. The quantitative estimate of drug-likeness (QED) is 0.505. The number of fused-ring (bicyclic) bond motifs is 1. The maximum absolute atomic E-state index is 13.5. The molecule has 0 spiro atoms. The van der Waals surface area contributed by atoms with E-state index in [1.807, 2.05) is 19.1 Å². The van der Waals surface area contributed by atoms with Gasteiger partial charge in [0.15, 0.2) is 9.84 Å². The number of para-hydroxylation sites is 1. The monoisotopic (exact) mass is 430 g/mol. The number of sulfone groups is 1. The summed E-state index contributed by atoms with van der Waals surface area (Å²) in [6.45, 7) is 5.40. The second-order valence-corrected chi connectivity index (χ2v) is 9.31. The first-order valence-corrected chi connectivity index (χ1v) is 11.8. The molecular weight excluding hydrogens is 403 g/mol. The molecule has 0 bridgehead atoms. The van der Waals surface area contributed by atoms with Crippen molar-refractivity contribution in [2.75, 3.05) is 13.1 Å². The second kappa shape index (κ2) is 9.43. The van der Waals surface area contributed by atoms with Crippen molar-refractivity contribution >= 4 is 26.6 Å². The molecule has 1 aromatic heterocycles. The lowest BCUT2D eigenvalue weighted by atomic mass is 10.2. The molecule has 0 aliphatic heterocycles. The molecule has 0 radical (unpaired) electrons. The Hall–Kier alpha value is -2.67. The van der Waals surface area contributed by atoms with Gasteiger partial charge in [-0.2, -0.15) is 0 Å². The summed E-state index contributed by atoms with van der Waals surface area (Å²) in [7, 11) is -3.72. The van der Waals surface area contributed by atoms with Gasteiger partial charge in [-0.15, -0.1) is 0 Å². The Kier molecular flexibility index (Phi) is 6.92. The summed E-state index contributed by atoms with van der Waals surface area (Å²) in [6, 6.07) is 12.7. The van der Waals surface area contributed by atoms with Gasteiger partial charge >= 0.3 is 0 Å². The lowest BCUT2D eigenvalue weighted by Gasteiger charge is -2.21. The molecule has 1 amide bonds. The number of nitrogens with zero attached hydrogens (tertiary/aromatic N) is 2. The molecular formula is C23H27FN2O3S. The number of carbonyl (C=O) groups is 1. The van der Waals surface area contributed by atoms with Gasteiger partial charge in [-0.05, 0) is 37.1 Å². The van der Waals surface area contributed by atoms with E-state index in [1.54, 1.807) is 27.7 Å². The van der Waals surface area contributed by atoms with Crippen LogP contribution in [0.3, 0.4) is 0 Å². The summed E-state index contributed by atoms with van der Waals surface area (Å²) in [5.74, 6) is -0.812. The SMILES string of the molecule is CCCCN(CC)C(=O)Cn1cc(S(=O)(=O)Cc2cccc(F)c2)c2ccccc21. The van der Waals surface area contributed by atoms with Crippen molar-refractivity contribution in [3.8, 4) is 0 Å².